The van der Waals surface area contributed by atoms with Crippen molar-refractivity contribution in [1.82, 2.24) is 0 Å². The van der Waals surface area contributed by atoms with E-state index in [1.807, 2.05) is 0 Å². The molecule has 0 bridgehead atoms. The fourth-order valence-corrected chi connectivity index (χ4v) is 1.65. The van der Waals surface area contributed by atoms with Gasteiger partial charge in [0.15, 0.2) is 11.5 Å². The molecule has 0 saturated heterocycles. The number of methoxy groups -OCH3 is 1. The number of carboxylic acid groups (broad SMARTS) is 1. The number of carbonyl (C=O) groups is 1. The van der Waals surface area contributed by atoms with Crippen molar-refractivity contribution in [2.24, 2.45) is 0 Å². The molecule has 88 valence electrons. The predicted octanol–water partition coefficient (Wildman–Crippen LogP) is 2.20. The molecule has 0 amide bonds. The second kappa shape index (κ2) is 4.21. The Hall–Kier alpha value is -2.43. The highest BCUT2D eigenvalue weighted by Gasteiger charge is 2.20. The molecule has 2 N–H and O–H groups in total. The van der Waals surface area contributed by atoms with Gasteiger partial charge in [0.25, 0.3) is 0 Å². The second-order valence-corrected chi connectivity index (χ2v) is 3.35. The Morgan fingerprint density at radius 3 is 2.94 bits per heavy atom. The standard InChI is InChI=1S/C12H10O5/c1-16-12-8(13)6-7-4-5-17-9(11(7)12)2-3-10(14)15/h2-6,13H,1H3,(H,14,15). The maximum absolute atomic E-state index is 10.5. The van der Waals surface area contributed by atoms with E-state index < -0.39 is 5.97 Å². The third-order valence-electron chi connectivity index (χ3n) is 2.31. The number of hydrogen-bond donors (Lipinski definition) is 2. The van der Waals surface area contributed by atoms with Crippen molar-refractivity contribution >= 4 is 12.0 Å². The lowest BCUT2D eigenvalue weighted by Crippen LogP contribution is -1.89. The van der Waals surface area contributed by atoms with Crippen molar-refractivity contribution in [3.05, 3.63) is 30.2 Å². The lowest BCUT2D eigenvalue weighted by Gasteiger charge is -2.05. The Labute approximate surface area is 96.9 Å². The third-order valence-corrected chi connectivity index (χ3v) is 2.31. The van der Waals surface area contributed by atoms with Gasteiger partial charge in [-0.25, -0.2) is 4.79 Å². The minimum Gasteiger partial charge on any atom is -0.504 e. The molecule has 0 radical (unpaired) electrons. The van der Waals surface area contributed by atoms with Crippen molar-refractivity contribution in [3.8, 4) is 22.6 Å². The molecule has 1 aliphatic heterocycles. The van der Waals surface area contributed by atoms with Gasteiger partial charge in [-0.1, -0.05) is 0 Å². The van der Waals surface area contributed by atoms with E-state index in [2.05, 4.69) is 0 Å². The minimum absolute atomic E-state index is 0.00567. The van der Waals surface area contributed by atoms with Gasteiger partial charge in [0.05, 0.1) is 18.9 Å². The summed E-state index contributed by atoms with van der Waals surface area (Å²) >= 11 is 0. The van der Waals surface area contributed by atoms with Crippen LogP contribution in [0.5, 0.6) is 11.5 Å². The van der Waals surface area contributed by atoms with Crippen LogP contribution in [0.3, 0.4) is 0 Å². The predicted molar refractivity (Wildman–Crippen MR) is 60.2 cm³/mol. The third kappa shape index (κ3) is 1.94. The second-order valence-electron chi connectivity index (χ2n) is 3.35. The van der Waals surface area contributed by atoms with Crippen molar-refractivity contribution in [1.29, 1.82) is 0 Å². The average molecular weight is 234 g/mol. The molecular weight excluding hydrogens is 224 g/mol. The summed E-state index contributed by atoms with van der Waals surface area (Å²) in [5, 5.41) is 18.2. The van der Waals surface area contributed by atoms with Crippen molar-refractivity contribution in [2.75, 3.05) is 7.11 Å². The fourth-order valence-electron chi connectivity index (χ4n) is 1.65. The molecule has 0 unspecified atom stereocenters. The fraction of sp³-hybridized carbons (Fsp3) is 0.0833. The molecule has 0 aromatic carbocycles. The Morgan fingerprint density at radius 1 is 1.53 bits per heavy atom. The molecule has 0 fully saturated rings. The van der Waals surface area contributed by atoms with Crippen molar-refractivity contribution < 1.29 is 24.2 Å². The van der Waals surface area contributed by atoms with Crippen molar-refractivity contribution in [3.63, 3.8) is 0 Å². The van der Waals surface area contributed by atoms with Gasteiger partial charge < -0.3 is 19.4 Å². The molecule has 1 aliphatic carbocycles. The molecule has 17 heavy (non-hydrogen) atoms. The van der Waals surface area contributed by atoms with Crippen LogP contribution in [0.25, 0.3) is 17.2 Å². The first-order valence-electron chi connectivity index (χ1n) is 4.81. The van der Waals surface area contributed by atoms with Gasteiger partial charge in [0.1, 0.15) is 5.76 Å². The highest BCUT2D eigenvalue weighted by Crippen LogP contribution is 2.45. The Morgan fingerprint density at radius 2 is 2.29 bits per heavy atom. The molecule has 0 spiro atoms. The zero-order valence-corrected chi connectivity index (χ0v) is 9.01. The first-order chi connectivity index (χ1) is 8.13. The van der Waals surface area contributed by atoms with Crippen LogP contribution in [0.4, 0.5) is 0 Å². The Balaban J connectivity index is 2.60. The maximum atomic E-state index is 10.5. The van der Waals surface area contributed by atoms with Gasteiger partial charge >= 0.3 is 5.97 Å². The topological polar surface area (TPSA) is 79.9 Å². The van der Waals surface area contributed by atoms with E-state index in [0.717, 1.165) is 11.6 Å². The Bertz CT molecular complexity index is 552. The summed E-state index contributed by atoms with van der Waals surface area (Å²) in [5.74, 6) is -0.489. The summed E-state index contributed by atoms with van der Waals surface area (Å²) in [7, 11) is 1.42. The number of fused-ring (bicyclic) bond motifs is 1. The highest BCUT2D eigenvalue weighted by molar-refractivity contribution is 5.89. The first-order valence-corrected chi connectivity index (χ1v) is 4.81. The zero-order chi connectivity index (χ0) is 12.4. The van der Waals surface area contributed by atoms with Gasteiger partial charge in [0.2, 0.25) is 0 Å². The first kappa shape index (κ1) is 11.1. The monoisotopic (exact) mass is 234 g/mol. The Kier molecular flexibility index (Phi) is 2.74. The van der Waals surface area contributed by atoms with Crippen LogP contribution in [-0.4, -0.2) is 23.3 Å². The smallest absolute Gasteiger partial charge is 0.328 e. The summed E-state index contributed by atoms with van der Waals surface area (Å²) < 4.78 is 10.3. The lowest BCUT2D eigenvalue weighted by molar-refractivity contribution is -0.131. The summed E-state index contributed by atoms with van der Waals surface area (Å²) in [6.45, 7) is 0. The van der Waals surface area contributed by atoms with E-state index in [0.29, 0.717) is 11.3 Å². The molecule has 2 rings (SSSR count). The van der Waals surface area contributed by atoms with E-state index in [1.54, 1.807) is 6.07 Å². The summed E-state index contributed by atoms with van der Waals surface area (Å²) in [4.78, 5) is 10.5. The summed E-state index contributed by atoms with van der Waals surface area (Å²) in [5.41, 5.74) is 1.26. The van der Waals surface area contributed by atoms with E-state index in [9.17, 15) is 9.90 Å². The zero-order valence-electron chi connectivity index (χ0n) is 9.01. The number of carboxylic acids is 1. The molecule has 1 heterocycles. The van der Waals surface area contributed by atoms with Crippen LogP contribution in [0.2, 0.25) is 0 Å². The van der Waals surface area contributed by atoms with Gasteiger partial charge in [-0.15, -0.1) is 0 Å². The molecule has 5 heteroatoms. The van der Waals surface area contributed by atoms with Gasteiger partial charge in [-0.2, -0.15) is 0 Å². The molecular formula is C12H10O5. The minimum atomic E-state index is -1.08. The van der Waals surface area contributed by atoms with E-state index in [1.165, 1.54) is 25.5 Å². The molecule has 0 aromatic rings. The molecule has 2 aliphatic rings. The summed E-state index contributed by atoms with van der Waals surface area (Å²) in [6, 6.07) is 3.19. The average Bonchev–Trinajstić information content (AvgIpc) is 2.62. The van der Waals surface area contributed by atoms with Crippen LogP contribution in [0.1, 0.15) is 5.76 Å². The van der Waals surface area contributed by atoms with Crippen LogP contribution in [-0.2, 0) is 4.79 Å². The van der Waals surface area contributed by atoms with Crippen molar-refractivity contribution in [2.45, 2.75) is 0 Å². The normalized spacial score (nSPS) is 11.1. The highest BCUT2D eigenvalue weighted by atomic mass is 16.5. The van der Waals surface area contributed by atoms with Crippen LogP contribution in [0, 0.1) is 0 Å². The molecule has 0 saturated carbocycles. The maximum Gasteiger partial charge on any atom is 0.328 e. The number of rotatable bonds is 3. The van der Waals surface area contributed by atoms with E-state index >= 15 is 0 Å². The van der Waals surface area contributed by atoms with Crippen LogP contribution in [0.15, 0.2) is 28.9 Å². The van der Waals surface area contributed by atoms with E-state index in [4.69, 9.17) is 14.3 Å². The van der Waals surface area contributed by atoms with Crippen LogP contribution >= 0.6 is 0 Å². The van der Waals surface area contributed by atoms with Crippen LogP contribution < -0.4 is 4.74 Å². The largest absolute Gasteiger partial charge is 0.504 e. The van der Waals surface area contributed by atoms with Gasteiger partial charge in [-0.05, 0) is 23.8 Å². The SMILES string of the molecule is COc1c(O)cc2ccoc(C=CC(=O)O)c1-2. The van der Waals surface area contributed by atoms with Gasteiger partial charge in [0, 0.05) is 6.08 Å². The number of aliphatic carboxylic acids is 1. The van der Waals surface area contributed by atoms with Gasteiger partial charge in [-0.3, -0.25) is 0 Å². The van der Waals surface area contributed by atoms with E-state index in [-0.39, 0.29) is 11.5 Å². The molecule has 0 atom stereocenters. The lowest BCUT2D eigenvalue weighted by atomic mass is 10.1. The quantitative estimate of drug-likeness (QED) is 0.796. The number of hydrogen-bond acceptors (Lipinski definition) is 4. The number of aromatic hydroxyl groups is 1. The summed E-state index contributed by atoms with van der Waals surface area (Å²) in [6.07, 6.45) is 3.69. The molecule has 5 nitrogen and oxygen atoms in total. The molecule has 0 aromatic heterocycles. The number of ether oxygens (including phenoxy) is 1.